The molecule has 4 aromatic rings. The van der Waals surface area contributed by atoms with Crippen LogP contribution in [0, 0.1) is 6.92 Å². The molecule has 3 aromatic carbocycles. The Morgan fingerprint density at radius 3 is 2.31 bits per heavy atom. The van der Waals surface area contributed by atoms with Crippen LogP contribution in [-0.4, -0.2) is 9.55 Å². The number of fused-ring (bicyclic) bond motifs is 1. The van der Waals surface area contributed by atoms with Crippen LogP contribution in [0.5, 0.6) is 0 Å². The van der Waals surface area contributed by atoms with Crippen molar-refractivity contribution in [2.45, 2.75) is 26.3 Å². The van der Waals surface area contributed by atoms with Crippen LogP contribution in [0.15, 0.2) is 72.8 Å². The van der Waals surface area contributed by atoms with Gasteiger partial charge in [0, 0.05) is 19.4 Å². The maximum absolute atomic E-state index is 8.07. The lowest BCUT2D eigenvalue weighted by molar-refractivity contribution is 0.683. The standard InChI is InChI=1S/C24H21N2/c1-17(2)24-25-22-10-6-7-11-23(22)26(24)16-19-12-14-20(15-13-19)21-9-5-4-8-18(21)3/h4-15,17H,16H2,1-2H3. The van der Waals surface area contributed by atoms with E-state index in [0.29, 0.717) is 11.5 Å². The second kappa shape index (κ2) is 6.80. The zero-order chi connectivity index (χ0) is 18.1. The van der Waals surface area contributed by atoms with Gasteiger partial charge in [-0.05, 0) is 34.4 Å². The summed E-state index contributed by atoms with van der Waals surface area (Å²) in [5.74, 6) is 1.49. The predicted octanol–water partition coefficient (Wildman–Crippen LogP) is 5.81. The van der Waals surface area contributed by atoms with Gasteiger partial charge < -0.3 is 4.57 Å². The predicted molar refractivity (Wildman–Crippen MR) is 107 cm³/mol. The fourth-order valence-corrected chi connectivity index (χ4v) is 3.41. The fourth-order valence-electron chi connectivity index (χ4n) is 3.41. The first kappa shape index (κ1) is 16.6. The second-order valence-corrected chi connectivity index (χ2v) is 6.94. The number of nitrogens with zero attached hydrogens (tertiary/aromatic N) is 2. The summed E-state index contributed by atoms with van der Waals surface area (Å²) in [5, 5.41) is 0. The van der Waals surface area contributed by atoms with E-state index in [1.165, 1.54) is 11.1 Å². The molecule has 0 unspecified atom stereocenters. The van der Waals surface area contributed by atoms with E-state index in [1.807, 2.05) is 30.3 Å². The zero-order valence-corrected chi connectivity index (χ0v) is 15.1. The van der Waals surface area contributed by atoms with Gasteiger partial charge in [0.1, 0.15) is 5.82 Å². The molecule has 1 aromatic heterocycles. The van der Waals surface area contributed by atoms with Gasteiger partial charge in [-0.2, -0.15) is 0 Å². The summed E-state index contributed by atoms with van der Waals surface area (Å²) in [6.45, 7) is 13.2. The molecule has 26 heavy (non-hydrogen) atoms. The Kier molecular flexibility index (Phi) is 4.34. The molecule has 0 N–H and O–H groups in total. The Morgan fingerprint density at radius 1 is 0.885 bits per heavy atom. The van der Waals surface area contributed by atoms with Gasteiger partial charge in [-0.15, -0.1) is 0 Å². The average molecular weight is 337 g/mol. The number of rotatable bonds is 4. The van der Waals surface area contributed by atoms with E-state index in [2.05, 4.69) is 60.9 Å². The van der Waals surface area contributed by atoms with Crippen LogP contribution in [-0.2, 0) is 6.54 Å². The average Bonchev–Trinajstić information content (AvgIpc) is 3.02. The maximum Gasteiger partial charge on any atom is 0.112 e. The van der Waals surface area contributed by atoms with E-state index in [-0.39, 0.29) is 0 Å². The van der Waals surface area contributed by atoms with E-state index in [9.17, 15) is 0 Å². The molecule has 0 bridgehead atoms. The summed E-state index contributed by atoms with van der Waals surface area (Å²) in [7, 11) is 0. The summed E-state index contributed by atoms with van der Waals surface area (Å²) >= 11 is 0. The summed E-state index contributed by atoms with van der Waals surface area (Å²) in [6, 6.07) is 24.6. The van der Waals surface area contributed by atoms with Crippen LogP contribution in [0.4, 0.5) is 0 Å². The third-order valence-corrected chi connectivity index (χ3v) is 4.73. The lowest BCUT2D eigenvalue weighted by Gasteiger charge is -2.12. The minimum atomic E-state index is 0.372. The van der Waals surface area contributed by atoms with Crippen LogP contribution in [0.2, 0.25) is 0 Å². The van der Waals surface area contributed by atoms with Gasteiger partial charge in [0.2, 0.25) is 0 Å². The molecule has 0 amide bonds. The molecule has 0 aliphatic heterocycles. The first-order valence-electron chi connectivity index (χ1n) is 8.98. The molecule has 0 saturated heterocycles. The van der Waals surface area contributed by atoms with Crippen molar-refractivity contribution in [3.05, 3.63) is 96.7 Å². The molecule has 0 fully saturated rings. The Bertz CT molecular complexity index is 1040. The number of benzene rings is 3. The molecule has 0 spiro atoms. The van der Waals surface area contributed by atoms with E-state index in [1.54, 1.807) is 0 Å². The van der Waals surface area contributed by atoms with Crippen molar-refractivity contribution >= 4 is 11.0 Å². The van der Waals surface area contributed by atoms with E-state index in [4.69, 9.17) is 11.9 Å². The summed E-state index contributed by atoms with van der Waals surface area (Å²) in [5.41, 5.74) is 6.07. The van der Waals surface area contributed by atoms with Crippen LogP contribution in [0.25, 0.3) is 22.2 Å². The summed E-state index contributed by atoms with van der Waals surface area (Å²) in [6.07, 6.45) is 0. The summed E-state index contributed by atoms with van der Waals surface area (Å²) < 4.78 is 2.31. The molecule has 1 heterocycles. The Hall–Kier alpha value is -2.87. The fraction of sp³-hybridized carbons (Fsp3) is 0.167. The highest BCUT2D eigenvalue weighted by atomic mass is 15.1. The number of aromatic nitrogens is 2. The molecule has 0 aliphatic rings. The first-order chi connectivity index (χ1) is 12.6. The van der Waals surface area contributed by atoms with Crippen LogP contribution in [0.1, 0.15) is 36.7 Å². The highest BCUT2D eigenvalue weighted by molar-refractivity contribution is 5.76. The van der Waals surface area contributed by atoms with Crippen LogP contribution in [0.3, 0.4) is 0 Å². The first-order valence-corrected chi connectivity index (χ1v) is 8.98. The number of para-hydroxylation sites is 2. The zero-order valence-electron chi connectivity index (χ0n) is 15.1. The van der Waals surface area contributed by atoms with E-state index in [0.717, 1.165) is 29.0 Å². The minimum absolute atomic E-state index is 0.372. The van der Waals surface area contributed by atoms with Gasteiger partial charge in [-0.1, -0.05) is 74.5 Å². The topological polar surface area (TPSA) is 17.8 Å². The third kappa shape index (κ3) is 3.03. The highest BCUT2D eigenvalue weighted by Gasteiger charge is 2.13. The molecule has 3 radical (unpaired) electrons. The van der Waals surface area contributed by atoms with Crippen molar-refractivity contribution in [1.82, 2.24) is 9.55 Å². The van der Waals surface area contributed by atoms with Crippen molar-refractivity contribution in [3.63, 3.8) is 0 Å². The van der Waals surface area contributed by atoms with Gasteiger partial charge in [-0.3, -0.25) is 0 Å². The lowest BCUT2D eigenvalue weighted by atomic mass is 9.99. The van der Waals surface area contributed by atoms with E-state index < -0.39 is 0 Å². The number of imidazole rings is 1. The molecule has 127 valence electrons. The van der Waals surface area contributed by atoms with Gasteiger partial charge in [-0.25, -0.2) is 4.98 Å². The van der Waals surface area contributed by atoms with Gasteiger partial charge in [0.15, 0.2) is 0 Å². The van der Waals surface area contributed by atoms with Gasteiger partial charge >= 0.3 is 0 Å². The molecule has 2 heteroatoms. The second-order valence-electron chi connectivity index (χ2n) is 6.94. The molecular formula is C24H21N2. The Balaban J connectivity index is 1.69. The molecular weight excluding hydrogens is 316 g/mol. The van der Waals surface area contributed by atoms with Crippen molar-refractivity contribution < 1.29 is 0 Å². The highest BCUT2D eigenvalue weighted by Crippen LogP contribution is 2.26. The van der Waals surface area contributed by atoms with Crippen molar-refractivity contribution in [2.24, 2.45) is 0 Å². The minimum Gasteiger partial charge on any atom is -0.323 e. The SMILES string of the molecule is [C]c1ccccc1-c1ccc(Cn2c(C(C)C)nc3ccccc32)cc1. The van der Waals surface area contributed by atoms with Crippen molar-refractivity contribution in [2.75, 3.05) is 0 Å². The smallest absolute Gasteiger partial charge is 0.112 e. The number of hydrogen-bond acceptors (Lipinski definition) is 1. The summed E-state index contributed by atoms with van der Waals surface area (Å²) in [4.78, 5) is 4.82. The largest absolute Gasteiger partial charge is 0.323 e. The lowest BCUT2D eigenvalue weighted by Crippen LogP contribution is -2.06. The Morgan fingerprint density at radius 2 is 1.58 bits per heavy atom. The molecule has 0 aliphatic carbocycles. The monoisotopic (exact) mass is 337 g/mol. The molecule has 0 atom stereocenters. The van der Waals surface area contributed by atoms with Gasteiger partial charge in [0.05, 0.1) is 11.0 Å². The van der Waals surface area contributed by atoms with Crippen LogP contribution < -0.4 is 0 Å². The maximum atomic E-state index is 8.07. The number of hydrogen-bond donors (Lipinski definition) is 0. The molecule has 0 saturated carbocycles. The molecule has 4 rings (SSSR count). The van der Waals surface area contributed by atoms with Gasteiger partial charge in [0.25, 0.3) is 0 Å². The Labute approximate surface area is 155 Å². The molecule has 2 nitrogen and oxygen atoms in total. The van der Waals surface area contributed by atoms with Crippen LogP contribution >= 0.6 is 0 Å². The quantitative estimate of drug-likeness (QED) is 0.459. The van der Waals surface area contributed by atoms with E-state index >= 15 is 0 Å². The van der Waals surface area contributed by atoms with Crippen molar-refractivity contribution in [1.29, 1.82) is 0 Å². The third-order valence-electron chi connectivity index (χ3n) is 4.73. The normalized spacial score (nSPS) is 11.4. The van der Waals surface area contributed by atoms with Crippen molar-refractivity contribution in [3.8, 4) is 11.1 Å².